The van der Waals surface area contributed by atoms with Gasteiger partial charge in [-0.2, -0.15) is 0 Å². The molecule has 0 aromatic carbocycles. The number of piperidine rings is 1. The molecule has 2 heterocycles. The first-order chi connectivity index (χ1) is 13.8. The number of guanidine groups is 1. The zero-order valence-electron chi connectivity index (χ0n) is 18.8. The normalized spacial score (nSPS) is 17.9. The van der Waals surface area contributed by atoms with E-state index in [-0.39, 0.29) is 6.09 Å². The number of hydrogen-bond acceptors (Lipinski definition) is 5. The van der Waals surface area contributed by atoms with Gasteiger partial charge in [0.1, 0.15) is 11.4 Å². The number of hydrogen-bond donors (Lipinski definition) is 2. The predicted octanol–water partition coefficient (Wildman–Crippen LogP) is 3.11. The molecule has 8 nitrogen and oxygen atoms in total. The Hall–Kier alpha value is -2.25. The van der Waals surface area contributed by atoms with Crippen molar-refractivity contribution < 1.29 is 14.1 Å². The maximum Gasteiger partial charge on any atom is 0.410 e. The highest BCUT2D eigenvalue weighted by Gasteiger charge is 2.27. The van der Waals surface area contributed by atoms with Crippen LogP contribution in [0.1, 0.15) is 64.5 Å². The second-order valence-electron chi connectivity index (χ2n) is 8.48. The highest BCUT2D eigenvalue weighted by Crippen LogP contribution is 2.19. The average molecular weight is 408 g/mol. The quantitative estimate of drug-likeness (QED) is 0.556. The van der Waals surface area contributed by atoms with E-state index in [0.29, 0.717) is 19.0 Å². The largest absolute Gasteiger partial charge is 0.444 e. The van der Waals surface area contributed by atoms with Crippen molar-refractivity contribution in [1.82, 2.24) is 20.7 Å². The molecule has 0 saturated carbocycles. The van der Waals surface area contributed by atoms with Gasteiger partial charge < -0.3 is 24.8 Å². The van der Waals surface area contributed by atoms with Gasteiger partial charge >= 0.3 is 6.09 Å². The summed E-state index contributed by atoms with van der Waals surface area (Å²) in [6.07, 6.45) is 3.50. The summed E-state index contributed by atoms with van der Waals surface area (Å²) < 4.78 is 10.9. The molecule has 1 fully saturated rings. The Morgan fingerprint density at radius 2 is 2.07 bits per heavy atom. The number of ether oxygens (including phenoxy) is 1. The maximum absolute atomic E-state index is 12.3. The van der Waals surface area contributed by atoms with Crippen LogP contribution in [-0.2, 0) is 24.1 Å². The van der Waals surface area contributed by atoms with Crippen LogP contribution in [0, 0.1) is 5.92 Å². The summed E-state index contributed by atoms with van der Waals surface area (Å²) in [6, 6.07) is 0. The second-order valence-corrected chi connectivity index (χ2v) is 8.48. The van der Waals surface area contributed by atoms with Gasteiger partial charge in [-0.1, -0.05) is 19.0 Å². The van der Waals surface area contributed by atoms with Gasteiger partial charge in [0, 0.05) is 45.2 Å². The number of aliphatic imine (C=N–C) groups is 1. The molecule has 29 heavy (non-hydrogen) atoms. The topological polar surface area (TPSA) is 92.0 Å². The molecule has 0 radical (unpaired) electrons. The number of nitrogens with one attached hydrogen (secondary N) is 2. The molecule has 2 rings (SSSR count). The monoisotopic (exact) mass is 407 g/mol. The molecule has 1 saturated heterocycles. The Labute approximate surface area is 174 Å². The third-order valence-corrected chi connectivity index (χ3v) is 4.99. The van der Waals surface area contributed by atoms with Crippen molar-refractivity contribution in [3.63, 3.8) is 0 Å². The Balaban J connectivity index is 1.84. The predicted molar refractivity (Wildman–Crippen MR) is 114 cm³/mol. The first kappa shape index (κ1) is 23.0. The number of rotatable bonds is 6. The van der Waals surface area contributed by atoms with E-state index in [1.807, 2.05) is 25.7 Å². The van der Waals surface area contributed by atoms with E-state index >= 15 is 0 Å². The Morgan fingerprint density at radius 3 is 2.69 bits per heavy atom. The molecule has 0 aliphatic carbocycles. The van der Waals surface area contributed by atoms with E-state index in [0.717, 1.165) is 61.7 Å². The standard InChI is InChI=1S/C21H37N5O3/c1-7-17-16(18(8-2)29-25-17)13-24-19(22-6)23-12-15-10-9-11-26(14-15)20(27)28-21(3,4)5/h15H,7-14H2,1-6H3,(H2,22,23,24). The third-order valence-electron chi connectivity index (χ3n) is 4.99. The van der Waals surface area contributed by atoms with Crippen LogP contribution in [0.4, 0.5) is 4.79 Å². The summed E-state index contributed by atoms with van der Waals surface area (Å²) in [6.45, 7) is 12.7. The van der Waals surface area contributed by atoms with E-state index < -0.39 is 5.60 Å². The van der Waals surface area contributed by atoms with E-state index in [9.17, 15) is 4.79 Å². The zero-order valence-corrected chi connectivity index (χ0v) is 18.8. The van der Waals surface area contributed by atoms with Gasteiger partial charge in [0.2, 0.25) is 0 Å². The number of aromatic nitrogens is 1. The lowest BCUT2D eigenvalue weighted by molar-refractivity contribution is 0.0168. The summed E-state index contributed by atoms with van der Waals surface area (Å²) in [5.41, 5.74) is 1.64. The smallest absolute Gasteiger partial charge is 0.410 e. The SMILES string of the molecule is CCc1noc(CC)c1CNC(=NC)NCC1CCCN(C(=O)OC(C)(C)C)C1. The van der Waals surface area contributed by atoms with Crippen LogP contribution in [0.15, 0.2) is 9.52 Å². The Bertz CT molecular complexity index is 671. The number of carbonyl (C=O) groups is 1. The van der Waals surface area contributed by atoms with E-state index in [1.165, 1.54) is 0 Å². The van der Waals surface area contributed by atoms with E-state index in [4.69, 9.17) is 9.26 Å². The van der Waals surface area contributed by atoms with Gasteiger partial charge in [-0.25, -0.2) is 4.79 Å². The summed E-state index contributed by atoms with van der Waals surface area (Å²) in [7, 11) is 1.76. The van der Waals surface area contributed by atoms with Crippen LogP contribution in [0.3, 0.4) is 0 Å². The van der Waals surface area contributed by atoms with Gasteiger partial charge in [0.05, 0.1) is 5.69 Å². The van der Waals surface area contributed by atoms with E-state index in [2.05, 4.69) is 34.6 Å². The summed E-state index contributed by atoms with van der Waals surface area (Å²) >= 11 is 0. The van der Waals surface area contributed by atoms with Gasteiger partial charge in [-0.15, -0.1) is 0 Å². The number of amides is 1. The molecule has 1 aromatic heterocycles. The number of likely N-dealkylation sites (tertiary alicyclic amines) is 1. The molecule has 1 unspecified atom stereocenters. The molecule has 164 valence electrons. The molecular weight excluding hydrogens is 370 g/mol. The van der Waals surface area contributed by atoms with Crippen molar-refractivity contribution in [3.8, 4) is 0 Å². The molecule has 1 amide bonds. The number of nitrogens with zero attached hydrogens (tertiary/aromatic N) is 3. The lowest BCUT2D eigenvalue weighted by Gasteiger charge is -2.34. The number of carbonyl (C=O) groups excluding carboxylic acids is 1. The van der Waals surface area contributed by atoms with Crippen molar-refractivity contribution in [2.45, 2.75) is 72.4 Å². The van der Waals surface area contributed by atoms with Crippen molar-refractivity contribution >= 4 is 12.1 Å². The van der Waals surface area contributed by atoms with Crippen molar-refractivity contribution in [1.29, 1.82) is 0 Å². The molecule has 0 bridgehead atoms. The molecule has 1 aliphatic heterocycles. The van der Waals surface area contributed by atoms with Crippen LogP contribution in [-0.4, -0.2) is 54.4 Å². The highest BCUT2D eigenvalue weighted by molar-refractivity contribution is 5.79. The Kier molecular flexibility index (Phi) is 8.34. The molecule has 1 aliphatic rings. The van der Waals surface area contributed by atoms with E-state index in [1.54, 1.807) is 7.05 Å². The van der Waals surface area contributed by atoms with Crippen molar-refractivity contribution in [3.05, 3.63) is 17.0 Å². The van der Waals surface area contributed by atoms with Crippen LogP contribution in [0.25, 0.3) is 0 Å². The fourth-order valence-electron chi connectivity index (χ4n) is 3.50. The second kappa shape index (κ2) is 10.5. The fourth-order valence-corrected chi connectivity index (χ4v) is 3.50. The lowest BCUT2D eigenvalue weighted by atomic mass is 9.98. The molecular formula is C21H37N5O3. The minimum Gasteiger partial charge on any atom is -0.444 e. The molecule has 1 aromatic rings. The molecule has 1 atom stereocenters. The average Bonchev–Trinajstić information content (AvgIpc) is 3.09. The van der Waals surface area contributed by atoms with Gasteiger partial charge in [0.25, 0.3) is 0 Å². The number of aryl methyl sites for hydroxylation is 2. The van der Waals surface area contributed by atoms with Crippen LogP contribution >= 0.6 is 0 Å². The first-order valence-electron chi connectivity index (χ1n) is 10.7. The molecule has 8 heteroatoms. The van der Waals surface area contributed by atoms with Crippen LogP contribution in [0.5, 0.6) is 0 Å². The highest BCUT2D eigenvalue weighted by atomic mass is 16.6. The van der Waals surface area contributed by atoms with Crippen LogP contribution in [0.2, 0.25) is 0 Å². The van der Waals surface area contributed by atoms with Crippen molar-refractivity contribution in [2.75, 3.05) is 26.7 Å². The lowest BCUT2D eigenvalue weighted by Crippen LogP contribution is -2.47. The summed E-state index contributed by atoms with van der Waals surface area (Å²) in [5.74, 6) is 2.03. The summed E-state index contributed by atoms with van der Waals surface area (Å²) in [5, 5.41) is 10.9. The first-order valence-corrected chi connectivity index (χ1v) is 10.7. The maximum atomic E-state index is 12.3. The zero-order chi connectivity index (χ0) is 21.4. The van der Waals surface area contributed by atoms with Crippen LogP contribution < -0.4 is 10.6 Å². The summed E-state index contributed by atoms with van der Waals surface area (Å²) in [4.78, 5) is 18.5. The van der Waals surface area contributed by atoms with Gasteiger partial charge in [-0.3, -0.25) is 4.99 Å². The Morgan fingerprint density at radius 1 is 1.31 bits per heavy atom. The minimum atomic E-state index is -0.467. The van der Waals surface area contributed by atoms with Gasteiger partial charge in [0.15, 0.2) is 5.96 Å². The van der Waals surface area contributed by atoms with Crippen molar-refractivity contribution in [2.24, 2.45) is 10.9 Å². The fraction of sp³-hybridized carbons (Fsp3) is 0.762. The van der Waals surface area contributed by atoms with Gasteiger partial charge in [-0.05, 0) is 46.0 Å². The minimum absolute atomic E-state index is 0.226. The third kappa shape index (κ3) is 6.94. The molecule has 0 spiro atoms. The molecule has 2 N–H and O–H groups in total.